The van der Waals surface area contributed by atoms with E-state index >= 15 is 0 Å². The molecule has 0 aromatic carbocycles. The zero-order valence-electron chi connectivity index (χ0n) is 18.3. The summed E-state index contributed by atoms with van der Waals surface area (Å²) in [5, 5.41) is 6.89. The van der Waals surface area contributed by atoms with Crippen LogP contribution in [0.1, 0.15) is 24.8 Å². The molecule has 1 atom stereocenters. The van der Waals surface area contributed by atoms with Crippen molar-refractivity contribution in [3.63, 3.8) is 0 Å². The van der Waals surface area contributed by atoms with Crippen LogP contribution in [0.5, 0.6) is 0 Å². The molecule has 2 saturated heterocycles. The average Bonchev–Trinajstić information content (AvgIpc) is 3.05. The molecular formula is C22H34N4O5. The van der Waals surface area contributed by atoms with Crippen molar-refractivity contribution in [3.8, 4) is 0 Å². The van der Waals surface area contributed by atoms with Crippen LogP contribution in [0.4, 0.5) is 0 Å². The molecule has 0 spiro atoms. The number of methoxy groups -OCH3 is 1. The Morgan fingerprint density at radius 2 is 1.81 bits per heavy atom. The molecule has 2 fully saturated rings. The summed E-state index contributed by atoms with van der Waals surface area (Å²) in [4.78, 5) is 44.2. The van der Waals surface area contributed by atoms with Crippen molar-refractivity contribution in [2.24, 2.45) is 5.92 Å². The molecule has 1 aromatic heterocycles. The lowest BCUT2D eigenvalue weighted by atomic mass is 9.96. The molecule has 2 amide bonds. The van der Waals surface area contributed by atoms with E-state index in [-0.39, 0.29) is 24.2 Å². The van der Waals surface area contributed by atoms with Gasteiger partial charge >= 0.3 is 0 Å². The predicted octanol–water partition coefficient (Wildman–Crippen LogP) is 0.744. The molecule has 0 bridgehead atoms. The van der Waals surface area contributed by atoms with Crippen molar-refractivity contribution < 1.29 is 24.2 Å². The highest BCUT2D eigenvalue weighted by atomic mass is 16.5. The molecule has 1 N–H and O–H groups in total. The molecule has 9 nitrogen and oxygen atoms in total. The number of carbonyl (C=O) groups excluding carboxylic acids is 2. The Morgan fingerprint density at radius 3 is 2.52 bits per heavy atom. The van der Waals surface area contributed by atoms with E-state index in [2.05, 4.69) is 9.88 Å². The number of piperidine rings is 1. The third kappa shape index (κ3) is 8.26. The second-order valence-electron chi connectivity index (χ2n) is 7.83. The third-order valence-electron chi connectivity index (χ3n) is 5.73. The van der Waals surface area contributed by atoms with Gasteiger partial charge in [0.25, 0.3) is 6.47 Å². The highest BCUT2D eigenvalue weighted by molar-refractivity contribution is 5.80. The second kappa shape index (κ2) is 13.7. The van der Waals surface area contributed by atoms with E-state index in [9.17, 15) is 9.59 Å². The first-order chi connectivity index (χ1) is 15.1. The van der Waals surface area contributed by atoms with Gasteiger partial charge in [0.1, 0.15) is 0 Å². The van der Waals surface area contributed by atoms with Gasteiger partial charge in [-0.25, -0.2) is 0 Å². The molecule has 3 rings (SSSR count). The highest BCUT2D eigenvalue weighted by Crippen LogP contribution is 2.20. The number of pyridine rings is 1. The van der Waals surface area contributed by atoms with Crippen LogP contribution in [0.2, 0.25) is 0 Å². The number of ether oxygens (including phenoxy) is 1. The largest absolute Gasteiger partial charge is 0.483 e. The molecule has 1 unspecified atom stereocenters. The zero-order valence-corrected chi connectivity index (χ0v) is 18.3. The van der Waals surface area contributed by atoms with Crippen molar-refractivity contribution >= 4 is 18.3 Å². The van der Waals surface area contributed by atoms with E-state index in [1.807, 2.05) is 21.9 Å². The first kappa shape index (κ1) is 24.7. The van der Waals surface area contributed by atoms with Gasteiger partial charge in [0.2, 0.25) is 11.8 Å². The Kier molecular flexibility index (Phi) is 10.9. The van der Waals surface area contributed by atoms with Gasteiger partial charge in [-0.1, -0.05) is 0 Å². The number of rotatable bonds is 6. The Morgan fingerprint density at radius 1 is 1.13 bits per heavy atom. The first-order valence-electron chi connectivity index (χ1n) is 10.8. The van der Waals surface area contributed by atoms with Crippen molar-refractivity contribution in [2.45, 2.75) is 25.7 Å². The first-order valence-corrected chi connectivity index (χ1v) is 10.8. The number of hydrogen-bond donors (Lipinski definition) is 1. The molecule has 2 aliphatic heterocycles. The number of aromatic nitrogens is 1. The lowest BCUT2D eigenvalue weighted by molar-refractivity contribution is -0.138. The van der Waals surface area contributed by atoms with E-state index in [1.54, 1.807) is 19.5 Å². The molecule has 2 aliphatic rings. The van der Waals surface area contributed by atoms with Crippen molar-refractivity contribution in [1.82, 2.24) is 19.7 Å². The van der Waals surface area contributed by atoms with E-state index in [1.165, 1.54) is 0 Å². The summed E-state index contributed by atoms with van der Waals surface area (Å²) in [6.07, 6.45) is 6.69. The fourth-order valence-corrected chi connectivity index (χ4v) is 4.11. The van der Waals surface area contributed by atoms with Gasteiger partial charge in [-0.2, -0.15) is 0 Å². The van der Waals surface area contributed by atoms with Gasteiger partial charge in [-0.3, -0.25) is 19.4 Å². The third-order valence-corrected chi connectivity index (χ3v) is 5.73. The maximum absolute atomic E-state index is 13.1. The number of carboxylic acid groups (broad SMARTS) is 1. The smallest absolute Gasteiger partial charge is 0.290 e. The second-order valence-corrected chi connectivity index (χ2v) is 7.83. The minimum absolute atomic E-state index is 0.0738. The summed E-state index contributed by atoms with van der Waals surface area (Å²) >= 11 is 0. The number of carbonyl (C=O) groups is 3. The van der Waals surface area contributed by atoms with Gasteiger partial charge in [-0.05, 0) is 43.5 Å². The molecule has 172 valence electrons. The van der Waals surface area contributed by atoms with Gasteiger partial charge in [-0.15, -0.1) is 0 Å². The Labute approximate surface area is 184 Å². The van der Waals surface area contributed by atoms with Gasteiger partial charge < -0.3 is 24.5 Å². The van der Waals surface area contributed by atoms with Crippen molar-refractivity contribution in [1.29, 1.82) is 0 Å². The normalized spacial score (nSPS) is 19.7. The van der Waals surface area contributed by atoms with Crippen molar-refractivity contribution in [3.05, 3.63) is 30.1 Å². The number of hydrogen-bond acceptors (Lipinski definition) is 6. The van der Waals surface area contributed by atoms with Gasteiger partial charge in [0.05, 0.1) is 18.9 Å². The molecule has 3 heterocycles. The summed E-state index contributed by atoms with van der Waals surface area (Å²) in [6.45, 7) is 5.93. The number of nitrogens with zero attached hydrogens (tertiary/aromatic N) is 4. The van der Waals surface area contributed by atoms with Crippen LogP contribution in [0.25, 0.3) is 0 Å². The fraction of sp³-hybridized carbons (Fsp3) is 0.636. The standard InChI is InChI=1S/C21H32N4O3.CH2O2/c1-28-15-14-23-9-2-4-19(17-23)21(27)25-11-3-10-24(12-13-25)20(26)16-18-5-7-22-8-6-18;2-1-3/h5-8,19H,2-4,9-17H2,1H3;1H,(H,2,3). The highest BCUT2D eigenvalue weighted by Gasteiger charge is 2.30. The number of likely N-dealkylation sites (tertiary alicyclic amines) is 1. The minimum Gasteiger partial charge on any atom is -0.483 e. The van der Waals surface area contributed by atoms with Gasteiger partial charge in [0, 0.05) is 58.8 Å². The van der Waals surface area contributed by atoms with E-state index in [4.69, 9.17) is 14.6 Å². The summed E-state index contributed by atoms with van der Waals surface area (Å²) in [7, 11) is 1.71. The van der Waals surface area contributed by atoms with Crippen LogP contribution < -0.4 is 0 Å². The molecule has 9 heteroatoms. The topological polar surface area (TPSA) is 103 Å². The Bertz CT molecular complexity index is 688. The lowest BCUT2D eigenvalue weighted by Crippen LogP contribution is -2.46. The maximum Gasteiger partial charge on any atom is 0.290 e. The summed E-state index contributed by atoms with van der Waals surface area (Å²) < 4.78 is 5.17. The summed E-state index contributed by atoms with van der Waals surface area (Å²) in [6, 6.07) is 3.76. The summed E-state index contributed by atoms with van der Waals surface area (Å²) in [5.41, 5.74) is 0.982. The van der Waals surface area contributed by atoms with Gasteiger partial charge in [0.15, 0.2) is 0 Å². The van der Waals surface area contributed by atoms with Crippen LogP contribution in [0.3, 0.4) is 0 Å². The molecule has 31 heavy (non-hydrogen) atoms. The molecule has 1 aromatic rings. The molecule has 0 aliphatic carbocycles. The van der Waals surface area contributed by atoms with Crippen LogP contribution in [0, 0.1) is 5.92 Å². The maximum atomic E-state index is 13.1. The Balaban J connectivity index is 0.00000107. The SMILES string of the molecule is COCCN1CCCC(C(=O)N2CCCN(C(=O)Cc3ccncc3)CC2)C1.O=CO. The monoisotopic (exact) mass is 434 g/mol. The molecule has 0 radical (unpaired) electrons. The van der Waals surface area contributed by atoms with Crippen LogP contribution in [-0.2, 0) is 25.5 Å². The van der Waals surface area contributed by atoms with Crippen molar-refractivity contribution in [2.75, 3.05) is 59.5 Å². The average molecular weight is 435 g/mol. The minimum atomic E-state index is -0.250. The predicted molar refractivity (Wildman–Crippen MR) is 115 cm³/mol. The zero-order chi connectivity index (χ0) is 22.5. The van der Waals surface area contributed by atoms with E-state index < -0.39 is 0 Å². The molecule has 0 saturated carbocycles. The van der Waals surface area contributed by atoms with Crippen LogP contribution in [-0.4, -0.2) is 103 Å². The number of amides is 2. The van der Waals surface area contributed by atoms with Crippen LogP contribution in [0.15, 0.2) is 24.5 Å². The van der Waals surface area contributed by atoms with Crippen LogP contribution >= 0.6 is 0 Å². The lowest BCUT2D eigenvalue weighted by Gasteiger charge is -2.34. The van der Waals surface area contributed by atoms with E-state index in [0.717, 1.165) is 57.5 Å². The molecular weight excluding hydrogens is 400 g/mol. The van der Waals surface area contributed by atoms with E-state index in [0.29, 0.717) is 26.1 Å². The Hall–Kier alpha value is -2.52. The quantitative estimate of drug-likeness (QED) is 0.659. The summed E-state index contributed by atoms with van der Waals surface area (Å²) in [5.74, 6) is 0.458. The fourth-order valence-electron chi connectivity index (χ4n) is 4.11.